The van der Waals surface area contributed by atoms with Gasteiger partial charge in [0.2, 0.25) is 11.2 Å². The molecule has 4 aromatic rings. The molecule has 4 rings (SSSR count). The summed E-state index contributed by atoms with van der Waals surface area (Å²) in [5, 5.41) is 22.7. The van der Waals surface area contributed by atoms with Gasteiger partial charge in [-0.25, -0.2) is 4.79 Å². The summed E-state index contributed by atoms with van der Waals surface area (Å²) in [6, 6.07) is 12.9. The molecule has 0 aliphatic rings. The monoisotopic (exact) mass is 476 g/mol. The number of fused-ring (bicyclic) bond motifs is 1. The summed E-state index contributed by atoms with van der Waals surface area (Å²) in [6.45, 7) is 3.10. The summed E-state index contributed by atoms with van der Waals surface area (Å²) in [7, 11) is 0. The summed E-state index contributed by atoms with van der Waals surface area (Å²) >= 11 is 0. The van der Waals surface area contributed by atoms with Crippen molar-refractivity contribution in [2.24, 2.45) is 0 Å². The third-order valence-electron chi connectivity index (χ3n) is 5.12. The molecule has 1 aromatic heterocycles. The molecule has 3 aromatic carbocycles. The van der Waals surface area contributed by atoms with E-state index in [1.54, 1.807) is 18.2 Å². The zero-order chi connectivity index (χ0) is 25.3. The number of hydrogen-bond donors (Lipinski definition) is 0. The van der Waals surface area contributed by atoms with Crippen LogP contribution in [0.2, 0.25) is 0 Å². The SMILES string of the molecule is Cc1cccc(Oc2coc3cc(OC(=O)c4cc([N+](=O)[O-])c(C)c([N+](=O)[O-])c4)ccc3c2=O)c1. The first kappa shape index (κ1) is 23.1. The highest BCUT2D eigenvalue weighted by Gasteiger charge is 2.26. The van der Waals surface area contributed by atoms with Gasteiger partial charge in [0.1, 0.15) is 28.9 Å². The van der Waals surface area contributed by atoms with E-state index in [0.717, 1.165) is 24.0 Å². The molecular weight excluding hydrogens is 460 g/mol. The Labute approximate surface area is 196 Å². The zero-order valence-electron chi connectivity index (χ0n) is 18.3. The highest BCUT2D eigenvalue weighted by Crippen LogP contribution is 2.30. The molecule has 0 saturated heterocycles. The summed E-state index contributed by atoms with van der Waals surface area (Å²) in [6.07, 6.45) is 1.13. The van der Waals surface area contributed by atoms with Crippen molar-refractivity contribution in [3.8, 4) is 17.2 Å². The van der Waals surface area contributed by atoms with Gasteiger partial charge in [0, 0.05) is 18.2 Å². The fourth-order valence-electron chi connectivity index (χ4n) is 3.38. The molecule has 11 heteroatoms. The van der Waals surface area contributed by atoms with Crippen molar-refractivity contribution in [3.63, 3.8) is 0 Å². The third kappa shape index (κ3) is 4.69. The second-order valence-corrected chi connectivity index (χ2v) is 7.55. The van der Waals surface area contributed by atoms with Crippen molar-refractivity contribution >= 4 is 28.3 Å². The van der Waals surface area contributed by atoms with Gasteiger partial charge in [-0.15, -0.1) is 0 Å². The normalized spacial score (nSPS) is 10.7. The Morgan fingerprint density at radius 2 is 1.60 bits per heavy atom. The van der Waals surface area contributed by atoms with Crippen LogP contribution in [-0.2, 0) is 0 Å². The van der Waals surface area contributed by atoms with Crippen molar-refractivity contribution in [2.45, 2.75) is 13.8 Å². The van der Waals surface area contributed by atoms with Crippen LogP contribution in [0, 0.1) is 34.1 Å². The first-order valence-electron chi connectivity index (χ1n) is 10.1. The van der Waals surface area contributed by atoms with Crippen LogP contribution in [-0.4, -0.2) is 15.8 Å². The molecule has 0 fully saturated rings. The number of benzene rings is 3. The Morgan fingerprint density at radius 3 is 2.23 bits per heavy atom. The number of carbonyl (C=O) groups excluding carboxylic acids is 1. The van der Waals surface area contributed by atoms with Crippen LogP contribution in [0.5, 0.6) is 17.2 Å². The van der Waals surface area contributed by atoms with Gasteiger partial charge in [0.15, 0.2) is 0 Å². The predicted octanol–water partition coefficient (Wildman–Crippen LogP) is 5.24. The van der Waals surface area contributed by atoms with Crippen molar-refractivity contribution in [2.75, 3.05) is 0 Å². The number of nitro groups is 2. The van der Waals surface area contributed by atoms with Gasteiger partial charge in [-0.2, -0.15) is 0 Å². The fraction of sp³-hybridized carbons (Fsp3) is 0.0833. The number of nitrogens with zero attached hydrogens (tertiary/aromatic N) is 2. The second-order valence-electron chi connectivity index (χ2n) is 7.55. The summed E-state index contributed by atoms with van der Waals surface area (Å²) in [5.74, 6) is -0.670. The number of aryl methyl sites for hydroxylation is 1. The van der Waals surface area contributed by atoms with E-state index in [2.05, 4.69) is 0 Å². The minimum Gasteiger partial charge on any atom is -0.460 e. The second kappa shape index (κ2) is 9.06. The number of esters is 1. The Hall–Kier alpha value is -5.06. The van der Waals surface area contributed by atoms with Crippen molar-refractivity contribution in [1.82, 2.24) is 0 Å². The fourth-order valence-corrected chi connectivity index (χ4v) is 3.38. The number of rotatable bonds is 6. The van der Waals surface area contributed by atoms with Crippen LogP contribution in [0.15, 0.2) is 70.1 Å². The average molecular weight is 476 g/mol. The van der Waals surface area contributed by atoms with Gasteiger partial charge < -0.3 is 13.9 Å². The Balaban J connectivity index is 1.63. The molecule has 0 amide bonds. The number of nitro benzene ring substituents is 2. The molecule has 0 aliphatic heterocycles. The minimum absolute atomic E-state index is 0.0351. The molecule has 35 heavy (non-hydrogen) atoms. The topological polar surface area (TPSA) is 152 Å². The van der Waals surface area contributed by atoms with Gasteiger partial charge in [0.25, 0.3) is 11.4 Å². The van der Waals surface area contributed by atoms with Gasteiger partial charge in [-0.1, -0.05) is 12.1 Å². The predicted molar refractivity (Wildman–Crippen MR) is 123 cm³/mol. The lowest BCUT2D eigenvalue weighted by molar-refractivity contribution is -0.395. The molecule has 0 bridgehead atoms. The lowest BCUT2D eigenvalue weighted by Gasteiger charge is -2.08. The zero-order valence-corrected chi connectivity index (χ0v) is 18.3. The number of carbonyl (C=O) groups is 1. The smallest absolute Gasteiger partial charge is 0.344 e. The molecule has 176 valence electrons. The quantitative estimate of drug-likeness (QED) is 0.157. The molecule has 1 heterocycles. The van der Waals surface area contributed by atoms with E-state index < -0.39 is 32.6 Å². The molecule has 0 atom stereocenters. The number of ether oxygens (including phenoxy) is 2. The van der Waals surface area contributed by atoms with Gasteiger partial charge in [0.05, 0.1) is 20.8 Å². The Bertz CT molecular complexity index is 1540. The molecule has 0 spiro atoms. The molecule has 11 nitrogen and oxygen atoms in total. The maximum atomic E-state index is 12.8. The number of hydrogen-bond acceptors (Lipinski definition) is 9. The van der Waals surface area contributed by atoms with E-state index in [1.807, 2.05) is 13.0 Å². The summed E-state index contributed by atoms with van der Waals surface area (Å²) < 4.78 is 16.3. The van der Waals surface area contributed by atoms with E-state index in [0.29, 0.717) is 5.75 Å². The van der Waals surface area contributed by atoms with Crippen LogP contribution in [0.25, 0.3) is 11.0 Å². The maximum absolute atomic E-state index is 12.8. The van der Waals surface area contributed by atoms with Crippen molar-refractivity contribution in [1.29, 1.82) is 0 Å². The van der Waals surface area contributed by atoms with E-state index in [1.165, 1.54) is 25.1 Å². The first-order valence-corrected chi connectivity index (χ1v) is 10.1. The van der Waals surface area contributed by atoms with E-state index in [4.69, 9.17) is 13.9 Å². The van der Waals surface area contributed by atoms with Crippen LogP contribution in [0.3, 0.4) is 0 Å². The Kier molecular flexibility index (Phi) is 5.98. The molecule has 0 radical (unpaired) electrons. The van der Waals surface area contributed by atoms with Crippen LogP contribution in [0.1, 0.15) is 21.5 Å². The summed E-state index contributed by atoms with van der Waals surface area (Å²) in [5.41, 5.74) is -1.14. The van der Waals surface area contributed by atoms with E-state index >= 15 is 0 Å². The van der Waals surface area contributed by atoms with E-state index in [-0.39, 0.29) is 33.6 Å². The maximum Gasteiger partial charge on any atom is 0.344 e. The third-order valence-corrected chi connectivity index (χ3v) is 5.12. The van der Waals surface area contributed by atoms with Gasteiger partial charge in [-0.05, 0) is 43.7 Å². The first-order chi connectivity index (χ1) is 16.6. The molecule has 0 saturated carbocycles. The van der Waals surface area contributed by atoms with Crippen molar-refractivity contribution in [3.05, 3.63) is 108 Å². The molecule has 0 unspecified atom stereocenters. The van der Waals surface area contributed by atoms with Gasteiger partial charge >= 0.3 is 5.97 Å². The lowest BCUT2D eigenvalue weighted by Crippen LogP contribution is -2.11. The van der Waals surface area contributed by atoms with Gasteiger partial charge in [-0.3, -0.25) is 25.0 Å². The van der Waals surface area contributed by atoms with Crippen LogP contribution >= 0.6 is 0 Å². The summed E-state index contributed by atoms with van der Waals surface area (Å²) in [4.78, 5) is 46.2. The van der Waals surface area contributed by atoms with Crippen molar-refractivity contribution < 1.29 is 28.5 Å². The van der Waals surface area contributed by atoms with Crippen LogP contribution in [0.4, 0.5) is 11.4 Å². The minimum atomic E-state index is -1.06. The molecule has 0 aliphatic carbocycles. The van der Waals surface area contributed by atoms with Crippen LogP contribution < -0.4 is 14.9 Å². The molecule has 0 N–H and O–H groups in total. The largest absolute Gasteiger partial charge is 0.460 e. The molecular formula is C24H16N2O9. The lowest BCUT2D eigenvalue weighted by atomic mass is 10.1. The Morgan fingerprint density at radius 1 is 0.914 bits per heavy atom. The highest BCUT2D eigenvalue weighted by molar-refractivity contribution is 5.93. The average Bonchev–Trinajstić information content (AvgIpc) is 2.80. The standard InChI is InChI=1S/C24H16N2O9/c1-13-4-3-5-16(8-13)34-22-12-33-21-11-17(6-7-18(21)23(22)27)35-24(28)15-9-19(25(29)30)14(2)20(10-15)26(31)32/h3-12H,1-2H3. The highest BCUT2D eigenvalue weighted by atomic mass is 16.6. The van der Waals surface area contributed by atoms with E-state index in [9.17, 15) is 29.8 Å².